The first-order valence-corrected chi connectivity index (χ1v) is 10.2. The van der Waals surface area contributed by atoms with Crippen LogP contribution in [0.15, 0.2) is 54.6 Å². The third kappa shape index (κ3) is 5.21. The van der Waals surface area contributed by atoms with Crippen LogP contribution in [0.1, 0.15) is 16.1 Å². The van der Waals surface area contributed by atoms with Crippen LogP contribution < -0.4 is 4.74 Å². The Bertz CT molecular complexity index is 1030. The highest BCUT2D eigenvalue weighted by Crippen LogP contribution is 2.23. The van der Waals surface area contributed by atoms with E-state index in [0.29, 0.717) is 30.0 Å². The summed E-state index contributed by atoms with van der Waals surface area (Å²) in [5, 5.41) is 7.72. The number of rotatable bonds is 6. The van der Waals surface area contributed by atoms with Crippen molar-refractivity contribution in [3.63, 3.8) is 0 Å². The van der Waals surface area contributed by atoms with Crippen LogP contribution in [0.2, 0.25) is 5.02 Å². The third-order valence-corrected chi connectivity index (χ3v) is 5.56. The molecule has 6 nitrogen and oxygen atoms in total. The van der Waals surface area contributed by atoms with E-state index in [0.717, 1.165) is 30.2 Å². The summed E-state index contributed by atoms with van der Waals surface area (Å²) in [6.07, 6.45) is 0. The van der Waals surface area contributed by atoms with Gasteiger partial charge in [0.25, 0.3) is 5.91 Å². The molecule has 0 saturated carbocycles. The van der Waals surface area contributed by atoms with Crippen molar-refractivity contribution < 1.29 is 18.3 Å². The molecule has 1 saturated heterocycles. The quantitative estimate of drug-likeness (QED) is 0.613. The highest BCUT2D eigenvalue weighted by Gasteiger charge is 2.24. The second-order valence-electron chi connectivity index (χ2n) is 7.23. The Morgan fingerprint density at radius 2 is 1.81 bits per heavy atom. The first-order valence-electron chi connectivity index (χ1n) is 9.85. The molecule has 1 aliphatic heterocycles. The van der Waals surface area contributed by atoms with E-state index in [1.165, 1.54) is 12.1 Å². The van der Waals surface area contributed by atoms with Crippen LogP contribution in [0.3, 0.4) is 0 Å². The molecule has 0 bridgehead atoms. The molecule has 0 radical (unpaired) electrons. The summed E-state index contributed by atoms with van der Waals surface area (Å²) in [5.74, 6) is -0.0472. The number of aromatic nitrogens is 2. The van der Waals surface area contributed by atoms with Gasteiger partial charge in [-0.05, 0) is 42.0 Å². The van der Waals surface area contributed by atoms with Gasteiger partial charge in [0, 0.05) is 43.3 Å². The van der Waals surface area contributed by atoms with Gasteiger partial charge in [-0.3, -0.25) is 14.8 Å². The van der Waals surface area contributed by atoms with E-state index >= 15 is 0 Å². The maximum Gasteiger partial charge on any atom is 0.387 e. The van der Waals surface area contributed by atoms with Gasteiger partial charge >= 0.3 is 6.61 Å². The number of nitrogens with one attached hydrogen (secondary N) is 1. The summed E-state index contributed by atoms with van der Waals surface area (Å²) in [6.45, 7) is 0.605. The molecule has 1 fully saturated rings. The number of hydrogen-bond acceptors (Lipinski definition) is 4. The molecule has 0 spiro atoms. The van der Waals surface area contributed by atoms with Gasteiger partial charge in [-0.25, -0.2) is 0 Å². The van der Waals surface area contributed by atoms with Crippen LogP contribution in [0, 0.1) is 0 Å². The normalized spacial score (nSPS) is 14.8. The molecule has 1 amide bonds. The van der Waals surface area contributed by atoms with Gasteiger partial charge in [-0.15, -0.1) is 0 Å². The summed E-state index contributed by atoms with van der Waals surface area (Å²) in [4.78, 5) is 16.9. The SMILES string of the molecule is O=C(c1cc(-c2ccc(OC(F)F)cc2)n[nH]1)N1CCN(Cc2ccccc2Cl)CC1. The number of H-pyrrole nitrogens is 1. The lowest BCUT2D eigenvalue weighted by Gasteiger charge is -2.34. The van der Waals surface area contributed by atoms with Crippen molar-refractivity contribution in [2.45, 2.75) is 13.2 Å². The van der Waals surface area contributed by atoms with E-state index in [2.05, 4.69) is 19.8 Å². The summed E-state index contributed by atoms with van der Waals surface area (Å²) in [7, 11) is 0. The molecule has 162 valence electrons. The zero-order valence-electron chi connectivity index (χ0n) is 16.6. The molecule has 0 aliphatic carbocycles. The van der Waals surface area contributed by atoms with Gasteiger partial charge in [0.05, 0.1) is 5.69 Å². The molecule has 0 atom stereocenters. The summed E-state index contributed by atoms with van der Waals surface area (Å²) in [6, 6.07) is 15.6. The second-order valence-corrected chi connectivity index (χ2v) is 7.64. The summed E-state index contributed by atoms with van der Waals surface area (Å²) >= 11 is 6.24. The smallest absolute Gasteiger partial charge is 0.387 e. The molecule has 1 aliphatic rings. The van der Waals surface area contributed by atoms with Gasteiger partial charge in [-0.2, -0.15) is 13.9 Å². The molecule has 1 N–H and O–H groups in total. The van der Waals surface area contributed by atoms with Crippen LogP contribution in [0.4, 0.5) is 8.78 Å². The molecular weight excluding hydrogens is 426 g/mol. The zero-order valence-corrected chi connectivity index (χ0v) is 17.4. The van der Waals surface area contributed by atoms with Crippen molar-refractivity contribution in [2.24, 2.45) is 0 Å². The molecule has 0 unspecified atom stereocenters. The monoisotopic (exact) mass is 446 g/mol. The zero-order chi connectivity index (χ0) is 21.8. The average molecular weight is 447 g/mol. The Labute approximate surface area is 183 Å². The van der Waals surface area contributed by atoms with Crippen molar-refractivity contribution in [3.05, 3.63) is 70.9 Å². The minimum atomic E-state index is -2.87. The lowest BCUT2D eigenvalue weighted by Crippen LogP contribution is -2.48. The topological polar surface area (TPSA) is 61.5 Å². The van der Waals surface area contributed by atoms with Crippen LogP contribution >= 0.6 is 11.6 Å². The number of alkyl halides is 2. The number of halogens is 3. The van der Waals surface area contributed by atoms with E-state index in [4.69, 9.17) is 11.6 Å². The molecule has 2 heterocycles. The summed E-state index contributed by atoms with van der Waals surface area (Å²) in [5.41, 5.74) is 2.72. The largest absolute Gasteiger partial charge is 0.435 e. The number of nitrogens with zero attached hydrogens (tertiary/aromatic N) is 3. The molecule has 3 aromatic rings. The first-order chi connectivity index (χ1) is 15.0. The van der Waals surface area contributed by atoms with E-state index < -0.39 is 6.61 Å². The number of piperazine rings is 1. The molecular formula is C22H21ClF2N4O2. The molecule has 4 rings (SSSR count). The molecule has 2 aromatic carbocycles. The van der Waals surface area contributed by atoms with Crippen molar-refractivity contribution >= 4 is 17.5 Å². The standard InChI is InChI=1S/C22H21ClF2N4O2/c23-18-4-2-1-3-16(18)14-28-9-11-29(12-10-28)21(30)20-13-19(26-27-20)15-5-7-17(8-6-15)31-22(24)25/h1-8,13,22H,9-12,14H2,(H,26,27). The van der Waals surface area contributed by atoms with Gasteiger partial charge in [0.2, 0.25) is 0 Å². The average Bonchev–Trinajstić information content (AvgIpc) is 3.26. The number of carbonyl (C=O) groups excluding carboxylic acids is 1. The van der Waals surface area contributed by atoms with Crippen molar-refractivity contribution in [1.82, 2.24) is 20.0 Å². The molecule has 31 heavy (non-hydrogen) atoms. The Balaban J connectivity index is 1.34. The predicted molar refractivity (Wildman–Crippen MR) is 113 cm³/mol. The number of benzene rings is 2. The van der Waals surface area contributed by atoms with Gasteiger partial charge < -0.3 is 9.64 Å². The van der Waals surface area contributed by atoms with Crippen molar-refractivity contribution in [2.75, 3.05) is 26.2 Å². The lowest BCUT2D eigenvalue weighted by atomic mass is 10.1. The number of amides is 1. The number of hydrogen-bond donors (Lipinski definition) is 1. The van der Waals surface area contributed by atoms with E-state index in [9.17, 15) is 13.6 Å². The van der Waals surface area contributed by atoms with Crippen LogP contribution in [0.5, 0.6) is 5.75 Å². The maximum atomic E-state index is 12.9. The number of ether oxygens (including phenoxy) is 1. The minimum Gasteiger partial charge on any atom is -0.435 e. The highest BCUT2D eigenvalue weighted by molar-refractivity contribution is 6.31. The van der Waals surface area contributed by atoms with Crippen LogP contribution in [-0.4, -0.2) is 58.7 Å². The lowest BCUT2D eigenvalue weighted by molar-refractivity contribution is -0.0498. The molecule has 9 heteroatoms. The van der Waals surface area contributed by atoms with Gasteiger partial charge in [0.1, 0.15) is 11.4 Å². The van der Waals surface area contributed by atoms with E-state index in [1.807, 2.05) is 24.3 Å². The van der Waals surface area contributed by atoms with Crippen molar-refractivity contribution in [3.8, 4) is 17.0 Å². The third-order valence-electron chi connectivity index (χ3n) is 5.19. The minimum absolute atomic E-state index is 0.0697. The Morgan fingerprint density at radius 3 is 2.48 bits per heavy atom. The Morgan fingerprint density at radius 1 is 1.10 bits per heavy atom. The van der Waals surface area contributed by atoms with Gasteiger partial charge in [-0.1, -0.05) is 29.8 Å². The van der Waals surface area contributed by atoms with E-state index in [1.54, 1.807) is 23.1 Å². The van der Waals surface area contributed by atoms with Crippen molar-refractivity contribution in [1.29, 1.82) is 0 Å². The first kappa shape index (κ1) is 21.3. The molecule has 1 aromatic heterocycles. The Kier molecular flexibility index (Phi) is 6.48. The van der Waals surface area contributed by atoms with Gasteiger partial charge in [0.15, 0.2) is 0 Å². The maximum absolute atomic E-state index is 12.9. The fourth-order valence-corrected chi connectivity index (χ4v) is 3.73. The van der Waals surface area contributed by atoms with E-state index in [-0.39, 0.29) is 11.7 Å². The van der Waals surface area contributed by atoms with Crippen LogP contribution in [-0.2, 0) is 6.54 Å². The number of carbonyl (C=O) groups is 1. The number of aromatic amines is 1. The Hall–Kier alpha value is -2.97. The summed E-state index contributed by atoms with van der Waals surface area (Å²) < 4.78 is 28.9. The fraction of sp³-hybridized carbons (Fsp3) is 0.273. The van der Waals surface area contributed by atoms with Crippen LogP contribution in [0.25, 0.3) is 11.3 Å². The fourth-order valence-electron chi connectivity index (χ4n) is 3.53. The highest BCUT2D eigenvalue weighted by atomic mass is 35.5. The second kappa shape index (κ2) is 9.45. The predicted octanol–water partition coefficient (Wildman–Crippen LogP) is 4.29.